The third-order valence-electron chi connectivity index (χ3n) is 7.00. The second-order valence-electron chi connectivity index (χ2n) is 8.77. The van der Waals surface area contributed by atoms with Gasteiger partial charge in [0.05, 0.1) is 45.8 Å². The Kier molecular flexibility index (Phi) is 4.82. The van der Waals surface area contributed by atoms with E-state index >= 15 is 0 Å². The lowest BCUT2D eigenvalue weighted by Gasteiger charge is -2.24. The first kappa shape index (κ1) is 21.6. The molecule has 2 saturated heterocycles. The number of fused-ring (bicyclic) bond motifs is 2. The number of ether oxygens (including phenoxy) is 6. The van der Waals surface area contributed by atoms with Gasteiger partial charge >= 0.3 is 0 Å². The molecule has 10 nitrogen and oxygen atoms in total. The van der Waals surface area contributed by atoms with Crippen molar-refractivity contribution < 1.29 is 38.0 Å². The molecular formula is C25H24N2O8. The van der Waals surface area contributed by atoms with E-state index in [-0.39, 0.29) is 18.6 Å². The Morgan fingerprint density at radius 3 is 2.51 bits per heavy atom. The summed E-state index contributed by atoms with van der Waals surface area (Å²) in [5.74, 6) is 0.643. The monoisotopic (exact) mass is 480 g/mol. The van der Waals surface area contributed by atoms with E-state index in [2.05, 4.69) is 5.32 Å². The van der Waals surface area contributed by atoms with Crippen molar-refractivity contribution in [1.82, 2.24) is 0 Å². The number of rotatable bonds is 6. The SMILES string of the molecule is COc1cc(NC(=O)[C@@H]2[C@H]3C(=O)N(c4ccc5c(c4)OCO5)C[C@]34C=C[C@H]2O4)cc(OC)c1OC. The predicted molar refractivity (Wildman–Crippen MR) is 123 cm³/mol. The average molecular weight is 480 g/mol. The molecule has 0 aliphatic carbocycles. The molecule has 4 aliphatic heterocycles. The Labute approximate surface area is 201 Å². The van der Waals surface area contributed by atoms with Crippen molar-refractivity contribution in [2.45, 2.75) is 11.7 Å². The fourth-order valence-corrected chi connectivity index (χ4v) is 5.45. The van der Waals surface area contributed by atoms with Gasteiger partial charge in [-0.05, 0) is 12.1 Å². The van der Waals surface area contributed by atoms with Gasteiger partial charge in [0.2, 0.25) is 24.4 Å². The van der Waals surface area contributed by atoms with E-state index in [4.69, 9.17) is 28.4 Å². The molecule has 0 aromatic heterocycles. The van der Waals surface area contributed by atoms with Crippen LogP contribution < -0.4 is 33.9 Å². The van der Waals surface area contributed by atoms with E-state index in [1.165, 1.54) is 21.3 Å². The molecule has 2 bridgehead atoms. The van der Waals surface area contributed by atoms with Crippen molar-refractivity contribution in [3.63, 3.8) is 0 Å². The van der Waals surface area contributed by atoms with Crippen LogP contribution in [0, 0.1) is 11.8 Å². The topological polar surface area (TPSA) is 105 Å². The highest BCUT2D eigenvalue weighted by Crippen LogP contribution is 2.53. The molecule has 2 aromatic carbocycles. The third kappa shape index (κ3) is 3.13. The molecular weight excluding hydrogens is 456 g/mol. The molecule has 35 heavy (non-hydrogen) atoms. The van der Waals surface area contributed by atoms with Crippen LogP contribution in [-0.2, 0) is 14.3 Å². The second kappa shape index (κ2) is 7.81. The molecule has 0 unspecified atom stereocenters. The lowest BCUT2D eigenvalue weighted by molar-refractivity contribution is -0.128. The van der Waals surface area contributed by atoms with E-state index in [0.29, 0.717) is 46.7 Å². The zero-order valence-corrected chi connectivity index (χ0v) is 19.4. The minimum Gasteiger partial charge on any atom is -0.493 e. The highest BCUT2D eigenvalue weighted by atomic mass is 16.7. The molecule has 6 rings (SSSR count). The molecule has 4 aliphatic rings. The van der Waals surface area contributed by atoms with Crippen molar-refractivity contribution in [2.24, 2.45) is 11.8 Å². The van der Waals surface area contributed by atoms with Crippen LogP contribution in [0.4, 0.5) is 11.4 Å². The Hall–Kier alpha value is -3.92. The Balaban J connectivity index is 1.28. The lowest BCUT2D eigenvalue weighted by atomic mass is 9.77. The summed E-state index contributed by atoms with van der Waals surface area (Å²) >= 11 is 0. The quantitative estimate of drug-likeness (QED) is 0.629. The van der Waals surface area contributed by atoms with Crippen LogP contribution in [0.15, 0.2) is 42.5 Å². The first-order valence-electron chi connectivity index (χ1n) is 11.2. The van der Waals surface area contributed by atoms with Gasteiger partial charge in [0.15, 0.2) is 23.0 Å². The number of hydrogen-bond donors (Lipinski definition) is 1. The van der Waals surface area contributed by atoms with Crippen LogP contribution in [0.25, 0.3) is 0 Å². The molecule has 0 radical (unpaired) electrons. The Morgan fingerprint density at radius 2 is 1.80 bits per heavy atom. The van der Waals surface area contributed by atoms with Crippen molar-refractivity contribution in [1.29, 1.82) is 0 Å². The number of carbonyl (C=O) groups excluding carboxylic acids is 2. The molecule has 182 valence electrons. The summed E-state index contributed by atoms with van der Waals surface area (Å²) in [6.07, 6.45) is 3.30. The van der Waals surface area contributed by atoms with E-state index < -0.39 is 23.5 Å². The van der Waals surface area contributed by atoms with Crippen molar-refractivity contribution in [3.8, 4) is 28.7 Å². The molecule has 2 amide bonds. The number of anilines is 2. The highest BCUT2D eigenvalue weighted by molar-refractivity contribution is 6.05. The van der Waals surface area contributed by atoms with Gasteiger partial charge in [0.1, 0.15) is 5.60 Å². The maximum Gasteiger partial charge on any atom is 0.234 e. The first-order valence-corrected chi connectivity index (χ1v) is 11.2. The van der Waals surface area contributed by atoms with Crippen molar-refractivity contribution in [2.75, 3.05) is 44.9 Å². The Bertz CT molecular complexity index is 1240. The smallest absolute Gasteiger partial charge is 0.234 e. The summed E-state index contributed by atoms with van der Waals surface area (Å²) in [5, 5.41) is 2.91. The summed E-state index contributed by atoms with van der Waals surface area (Å²) in [7, 11) is 4.51. The number of hydrogen-bond acceptors (Lipinski definition) is 8. The summed E-state index contributed by atoms with van der Waals surface area (Å²) in [5.41, 5.74) is 0.283. The largest absolute Gasteiger partial charge is 0.493 e. The van der Waals surface area contributed by atoms with Gasteiger partial charge < -0.3 is 38.6 Å². The van der Waals surface area contributed by atoms with Gasteiger partial charge in [-0.25, -0.2) is 0 Å². The van der Waals surface area contributed by atoms with E-state index in [9.17, 15) is 9.59 Å². The first-order chi connectivity index (χ1) is 17.0. The van der Waals surface area contributed by atoms with E-state index in [1.54, 1.807) is 29.2 Å². The number of nitrogens with one attached hydrogen (secondary N) is 1. The number of benzene rings is 2. The van der Waals surface area contributed by atoms with Crippen LogP contribution >= 0.6 is 0 Å². The number of carbonyl (C=O) groups is 2. The Morgan fingerprint density at radius 1 is 1.06 bits per heavy atom. The standard InChI is InChI=1S/C25H24N2O8/c1-30-18-8-13(9-19(31-2)22(18)32-3)26-23(28)20-16-6-7-25(35-16)11-27(24(29)21(20)25)14-4-5-15-17(10-14)34-12-33-15/h4-10,16,20-21H,11-12H2,1-3H3,(H,26,28)/t16-,20+,21+,25-/m1/s1. The zero-order chi connectivity index (χ0) is 24.3. The maximum atomic E-state index is 13.6. The van der Waals surface area contributed by atoms with Gasteiger partial charge in [-0.1, -0.05) is 12.2 Å². The zero-order valence-electron chi connectivity index (χ0n) is 19.4. The molecule has 2 fully saturated rings. The van der Waals surface area contributed by atoms with Crippen molar-refractivity contribution >= 4 is 23.2 Å². The molecule has 4 atom stereocenters. The van der Waals surface area contributed by atoms with E-state index in [1.807, 2.05) is 18.2 Å². The molecule has 1 N–H and O–H groups in total. The minimum atomic E-state index is -0.852. The molecule has 10 heteroatoms. The van der Waals surface area contributed by atoms with Gasteiger partial charge in [0, 0.05) is 29.6 Å². The number of amides is 2. The molecule has 1 spiro atoms. The van der Waals surface area contributed by atoms with Gasteiger partial charge in [-0.3, -0.25) is 9.59 Å². The molecule has 4 heterocycles. The molecule has 0 saturated carbocycles. The van der Waals surface area contributed by atoms with E-state index in [0.717, 1.165) is 0 Å². The summed E-state index contributed by atoms with van der Waals surface area (Å²) in [6, 6.07) is 8.66. The van der Waals surface area contributed by atoms with Crippen molar-refractivity contribution in [3.05, 3.63) is 42.5 Å². The minimum absolute atomic E-state index is 0.149. The van der Waals surface area contributed by atoms with Crippen LogP contribution in [0.2, 0.25) is 0 Å². The summed E-state index contributed by atoms with van der Waals surface area (Å²) < 4.78 is 33.2. The normalized spacial score (nSPS) is 27.2. The van der Waals surface area contributed by atoms with Gasteiger partial charge in [-0.2, -0.15) is 0 Å². The number of nitrogens with zero attached hydrogens (tertiary/aromatic N) is 1. The van der Waals surface area contributed by atoms with Gasteiger partial charge in [0.25, 0.3) is 0 Å². The van der Waals surface area contributed by atoms with Crippen LogP contribution in [0.5, 0.6) is 28.7 Å². The van der Waals surface area contributed by atoms with Crippen LogP contribution in [0.1, 0.15) is 0 Å². The second-order valence-corrected chi connectivity index (χ2v) is 8.77. The molecule has 2 aromatic rings. The van der Waals surface area contributed by atoms with Crippen LogP contribution in [0.3, 0.4) is 0 Å². The highest BCUT2D eigenvalue weighted by Gasteiger charge is 2.67. The lowest BCUT2D eigenvalue weighted by Crippen LogP contribution is -2.41. The average Bonchev–Trinajstić information content (AvgIpc) is 3.63. The number of methoxy groups -OCH3 is 3. The fourth-order valence-electron chi connectivity index (χ4n) is 5.45. The predicted octanol–water partition coefficient (Wildman–Crippen LogP) is 2.37. The maximum absolute atomic E-state index is 13.6. The summed E-state index contributed by atoms with van der Waals surface area (Å²) in [4.78, 5) is 28.8. The fraction of sp³-hybridized carbons (Fsp3) is 0.360. The summed E-state index contributed by atoms with van der Waals surface area (Å²) in [6.45, 7) is 0.465. The third-order valence-corrected chi connectivity index (χ3v) is 7.00. The van der Waals surface area contributed by atoms with Gasteiger partial charge in [-0.15, -0.1) is 0 Å². The van der Waals surface area contributed by atoms with Crippen LogP contribution in [-0.4, -0.2) is 58.2 Å².